The van der Waals surface area contributed by atoms with Crippen LogP contribution in [0.5, 0.6) is 0 Å². The van der Waals surface area contributed by atoms with Gasteiger partial charge in [0.25, 0.3) is 0 Å². The third kappa shape index (κ3) is 4.20. The predicted octanol–water partition coefficient (Wildman–Crippen LogP) is 2.52. The standard InChI is InChI=1S/C17H19ClN2O3S/c18-15-4-2-1-3-12(15)9-19-13-5-7-14(8-6-13)20-16-10-24(22,23)11-17(16)21/h1-8,16-17,19-21H,9-11H2/t16-,17+/m0/s1. The molecule has 0 amide bonds. The zero-order valence-electron chi connectivity index (χ0n) is 12.9. The van der Waals surface area contributed by atoms with Gasteiger partial charge in [0.2, 0.25) is 0 Å². The second-order valence-electron chi connectivity index (χ2n) is 5.92. The Kier molecular flexibility index (Phi) is 4.99. The van der Waals surface area contributed by atoms with Crippen LogP contribution in [0.1, 0.15) is 5.56 Å². The summed E-state index contributed by atoms with van der Waals surface area (Å²) in [7, 11) is -3.15. The second-order valence-corrected chi connectivity index (χ2v) is 8.48. The molecule has 2 aromatic rings. The summed E-state index contributed by atoms with van der Waals surface area (Å²) in [6.45, 7) is 0.617. The minimum absolute atomic E-state index is 0.0410. The first-order valence-corrected chi connectivity index (χ1v) is 9.85. The van der Waals surface area contributed by atoms with Gasteiger partial charge in [-0.1, -0.05) is 29.8 Å². The lowest BCUT2D eigenvalue weighted by atomic mass is 10.2. The molecule has 1 saturated heterocycles. The van der Waals surface area contributed by atoms with Crippen molar-refractivity contribution in [3.05, 3.63) is 59.1 Å². The number of sulfone groups is 1. The van der Waals surface area contributed by atoms with Gasteiger partial charge < -0.3 is 15.7 Å². The number of aliphatic hydroxyl groups excluding tert-OH is 1. The van der Waals surface area contributed by atoms with E-state index >= 15 is 0 Å². The van der Waals surface area contributed by atoms with Crippen LogP contribution in [0, 0.1) is 0 Å². The molecule has 0 unspecified atom stereocenters. The Balaban J connectivity index is 1.59. The summed E-state index contributed by atoms with van der Waals surface area (Å²) in [6.07, 6.45) is -0.868. The van der Waals surface area contributed by atoms with Gasteiger partial charge in [0.15, 0.2) is 9.84 Å². The molecule has 1 aliphatic rings. The van der Waals surface area contributed by atoms with Crippen molar-refractivity contribution in [3.63, 3.8) is 0 Å². The van der Waals surface area contributed by atoms with Crippen molar-refractivity contribution in [2.75, 3.05) is 22.1 Å². The lowest BCUT2D eigenvalue weighted by molar-refractivity contribution is 0.190. The Morgan fingerprint density at radius 3 is 2.33 bits per heavy atom. The Bertz CT molecular complexity index is 809. The minimum atomic E-state index is -3.15. The van der Waals surface area contributed by atoms with Gasteiger partial charge in [0.05, 0.1) is 23.7 Å². The molecular weight excluding hydrogens is 348 g/mol. The molecule has 0 bridgehead atoms. The molecule has 24 heavy (non-hydrogen) atoms. The summed E-state index contributed by atoms with van der Waals surface area (Å²) in [5, 5.41) is 16.9. The number of anilines is 2. The molecule has 5 nitrogen and oxygen atoms in total. The molecule has 0 radical (unpaired) electrons. The average molecular weight is 367 g/mol. The van der Waals surface area contributed by atoms with Crippen molar-refractivity contribution in [2.24, 2.45) is 0 Å². The number of aliphatic hydroxyl groups is 1. The summed E-state index contributed by atoms with van der Waals surface area (Å²) in [4.78, 5) is 0. The summed E-state index contributed by atoms with van der Waals surface area (Å²) in [5.41, 5.74) is 2.72. The van der Waals surface area contributed by atoms with Gasteiger partial charge in [-0.2, -0.15) is 0 Å². The SMILES string of the molecule is O=S1(=O)C[C@@H](O)[C@@H](Nc2ccc(NCc3ccccc3Cl)cc2)C1. The van der Waals surface area contributed by atoms with Crippen LogP contribution in [0.3, 0.4) is 0 Å². The molecule has 1 fully saturated rings. The molecule has 2 aromatic carbocycles. The highest BCUT2D eigenvalue weighted by Gasteiger charge is 2.36. The van der Waals surface area contributed by atoms with E-state index in [0.29, 0.717) is 6.54 Å². The van der Waals surface area contributed by atoms with E-state index in [0.717, 1.165) is 22.0 Å². The summed E-state index contributed by atoms with van der Waals surface area (Å²) >= 11 is 6.12. The summed E-state index contributed by atoms with van der Waals surface area (Å²) in [6, 6.07) is 14.7. The van der Waals surface area contributed by atoms with Crippen molar-refractivity contribution in [1.82, 2.24) is 0 Å². The van der Waals surface area contributed by atoms with E-state index < -0.39 is 22.0 Å². The fourth-order valence-corrected chi connectivity index (χ4v) is 4.65. The van der Waals surface area contributed by atoms with E-state index in [1.807, 2.05) is 48.5 Å². The van der Waals surface area contributed by atoms with Crippen LogP contribution in [0.2, 0.25) is 5.02 Å². The van der Waals surface area contributed by atoms with Crippen LogP contribution in [-0.4, -0.2) is 37.2 Å². The van der Waals surface area contributed by atoms with Crippen molar-refractivity contribution in [2.45, 2.75) is 18.7 Å². The monoisotopic (exact) mass is 366 g/mol. The topological polar surface area (TPSA) is 78.4 Å². The third-order valence-corrected chi connectivity index (χ3v) is 6.09. The van der Waals surface area contributed by atoms with Crippen LogP contribution in [0.4, 0.5) is 11.4 Å². The quantitative estimate of drug-likeness (QED) is 0.757. The van der Waals surface area contributed by atoms with E-state index in [4.69, 9.17) is 11.6 Å². The summed E-state index contributed by atoms with van der Waals surface area (Å²) in [5.74, 6) is -0.219. The molecule has 2 atom stereocenters. The first-order valence-electron chi connectivity index (χ1n) is 7.65. The molecule has 7 heteroatoms. The Hall–Kier alpha value is -1.76. The van der Waals surface area contributed by atoms with E-state index in [9.17, 15) is 13.5 Å². The van der Waals surface area contributed by atoms with E-state index in [-0.39, 0.29) is 11.5 Å². The maximum atomic E-state index is 11.5. The molecule has 1 aliphatic heterocycles. The average Bonchev–Trinajstić information content (AvgIpc) is 2.80. The predicted molar refractivity (Wildman–Crippen MR) is 97.3 cm³/mol. The molecule has 1 heterocycles. The normalized spacial score (nSPS) is 22.2. The maximum Gasteiger partial charge on any atom is 0.155 e. The van der Waals surface area contributed by atoms with E-state index in [1.165, 1.54) is 0 Å². The number of hydrogen-bond acceptors (Lipinski definition) is 5. The highest BCUT2D eigenvalue weighted by molar-refractivity contribution is 7.91. The fourth-order valence-electron chi connectivity index (χ4n) is 2.70. The lowest BCUT2D eigenvalue weighted by Gasteiger charge is -2.16. The molecule has 0 saturated carbocycles. The molecule has 3 rings (SSSR count). The smallest absolute Gasteiger partial charge is 0.155 e. The van der Waals surface area contributed by atoms with Gasteiger partial charge in [0, 0.05) is 22.9 Å². The molecule has 0 spiro atoms. The van der Waals surface area contributed by atoms with Crippen LogP contribution >= 0.6 is 11.6 Å². The maximum absolute atomic E-state index is 11.5. The first kappa shape index (κ1) is 17.1. The molecule has 128 valence electrons. The van der Waals surface area contributed by atoms with Gasteiger partial charge in [-0.05, 0) is 35.9 Å². The number of halogens is 1. The van der Waals surface area contributed by atoms with Crippen molar-refractivity contribution < 1.29 is 13.5 Å². The Morgan fingerprint density at radius 2 is 1.71 bits per heavy atom. The summed E-state index contributed by atoms with van der Waals surface area (Å²) < 4.78 is 23.0. The van der Waals surface area contributed by atoms with Gasteiger partial charge in [-0.15, -0.1) is 0 Å². The lowest BCUT2D eigenvalue weighted by Crippen LogP contribution is -2.31. The number of rotatable bonds is 5. The minimum Gasteiger partial charge on any atom is -0.390 e. The molecule has 3 N–H and O–H groups in total. The molecular formula is C17H19ClN2O3S. The van der Waals surface area contributed by atoms with E-state index in [2.05, 4.69) is 10.6 Å². The van der Waals surface area contributed by atoms with Gasteiger partial charge in [-0.25, -0.2) is 8.42 Å². The highest BCUT2D eigenvalue weighted by Crippen LogP contribution is 2.21. The van der Waals surface area contributed by atoms with Crippen LogP contribution < -0.4 is 10.6 Å². The fraction of sp³-hybridized carbons (Fsp3) is 0.294. The number of hydrogen-bond donors (Lipinski definition) is 3. The largest absolute Gasteiger partial charge is 0.390 e. The van der Waals surface area contributed by atoms with Crippen molar-refractivity contribution >= 4 is 32.8 Å². The molecule has 0 aromatic heterocycles. The Morgan fingerprint density at radius 1 is 1.04 bits per heavy atom. The molecule has 0 aliphatic carbocycles. The number of nitrogens with one attached hydrogen (secondary N) is 2. The first-order chi connectivity index (χ1) is 11.4. The van der Waals surface area contributed by atoms with Crippen molar-refractivity contribution in [3.8, 4) is 0 Å². The van der Waals surface area contributed by atoms with Gasteiger partial charge >= 0.3 is 0 Å². The zero-order chi connectivity index (χ0) is 17.2. The van der Waals surface area contributed by atoms with E-state index in [1.54, 1.807) is 0 Å². The highest BCUT2D eigenvalue weighted by atomic mass is 35.5. The third-order valence-electron chi connectivity index (χ3n) is 4.00. The van der Waals surface area contributed by atoms with Gasteiger partial charge in [-0.3, -0.25) is 0 Å². The van der Waals surface area contributed by atoms with Gasteiger partial charge in [0.1, 0.15) is 0 Å². The number of benzene rings is 2. The second kappa shape index (κ2) is 7.01. The zero-order valence-corrected chi connectivity index (χ0v) is 14.5. The van der Waals surface area contributed by atoms with Crippen LogP contribution in [0.25, 0.3) is 0 Å². The van der Waals surface area contributed by atoms with Crippen LogP contribution in [-0.2, 0) is 16.4 Å². The van der Waals surface area contributed by atoms with Crippen LogP contribution in [0.15, 0.2) is 48.5 Å². The van der Waals surface area contributed by atoms with Crippen molar-refractivity contribution in [1.29, 1.82) is 0 Å². The Labute approximate surface area is 146 Å².